The normalized spacial score (nSPS) is 36.1. The molecule has 4 aliphatic carbocycles. The van der Waals surface area contributed by atoms with Gasteiger partial charge in [0.1, 0.15) is 11.5 Å². The molecule has 1 aliphatic heterocycles. The van der Waals surface area contributed by atoms with Crippen LogP contribution >= 0.6 is 0 Å². The molecule has 7 rings (SSSR count). The van der Waals surface area contributed by atoms with E-state index < -0.39 is 5.67 Å². The molecule has 4 saturated carbocycles. The molecule has 4 fully saturated rings. The Morgan fingerprint density at radius 3 is 2.33 bits per heavy atom. The number of benzene rings is 1. The summed E-state index contributed by atoms with van der Waals surface area (Å²) in [5, 5.41) is 4.59. The fourth-order valence-electron chi connectivity index (χ4n) is 5.17. The van der Waals surface area contributed by atoms with Crippen LogP contribution in [-0.4, -0.2) is 20.0 Å². The van der Waals surface area contributed by atoms with Crippen LogP contribution in [0.5, 0.6) is 0 Å². The van der Waals surface area contributed by atoms with Crippen LogP contribution in [0.4, 0.5) is 4.39 Å². The van der Waals surface area contributed by atoms with Gasteiger partial charge in [-0.1, -0.05) is 24.3 Å². The lowest BCUT2D eigenvalue weighted by Crippen LogP contribution is -2.72. The number of aryl methyl sites for hydroxylation is 1. The van der Waals surface area contributed by atoms with E-state index >= 15 is 0 Å². The Kier molecular flexibility index (Phi) is 2.24. The van der Waals surface area contributed by atoms with Crippen molar-refractivity contribution in [2.45, 2.75) is 68.1 Å². The summed E-state index contributed by atoms with van der Waals surface area (Å²) in [6.07, 6.45) is 5.77. The van der Waals surface area contributed by atoms with E-state index in [0.29, 0.717) is 19.3 Å². The summed E-state index contributed by atoms with van der Waals surface area (Å²) in [5.41, 5.74) is 1.25. The molecular weight excluding hydrogens is 305 g/mol. The van der Waals surface area contributed by atoms with E-state index in [9.17, 15) is 9.18 Å². The van der Waals surface area contributed by atoms with Gasteiger partial charge in [-0.05, 0) is 36.3 Å². The van der Waals surface area contributed by atoms with Crippen molar-refractivity contribution in [3.05, 3.63) is 51.7 Å². The van der Waals surface area contributed by atoms with Crippen molar-refractivity contribution >= 4 is 0 Å². The minimum Gasteiger partial charge on any atom is -0.271 e. The van der Waals surface area contributed by atoms with Crippen molar-refractivity contribution in [3.63, 3.8) is 0 Å². The number of alkyl halides is 1. The molecule has 0 saturated heterocycles. The Morgan fingerprint density at radius 1 is 1.04 bits per heavy atom. The number of fused-ring (bicyclic) bond motifs is 1. The first-order valence-electron chi connectivity index (χ1n) is 9.07. The standard InChI is InChI=1S/C19H20FN3O/c20-18-9-19(10-18,11-18)23-17(24)22-15(7-8-16(22)21-23)14-5-3-13(4-6-14)12-1-2-12/h3-6,12,15H,1-2,7-11H2. The topological polar surface area (TPSA) is 39.8 Å². The van der Waals surface area contributed by atoms with Gasteiger partial charge in [-0.25, -0.2) is 13.9 Å². The summed E-state index contributed by atoms with van der Waals surface area (Å²) in [6.45, 7) is 0. The van der Waals surface area contributed by atoms with Crippen molar-refractivity contribution in [1.29, 1.82) is 0 Å². The Labute approximate surface area is 139 Å². The number of aromatic nitrogens is 3. The summed E-state index contributed by atoms with van der Waals surface area (Å²) in [6, 6.07) is 8.87. The molecule has 4 nitrogen and oxygen atoms in total. The number of hydrogen-bond donors (Lipinski definition) is 0. The second-order valence-corrected chi connectivity index (χ2v) is 8.38. The molecule has 2 heterocycles. The highest BCUT2D eigenvalue weighted by Crippen LogP contribution is 2.66. The zero-order valence-electron chi connectivity index (χ0n) is 13.5. The second-order valence-electron chi connectivity index (χ2n) is 8.38. The summed E-state index contributed by atoms with van der Waals surface area (Å²) in [5.74, 6) is 1.62. The number of nitrogens with zero attached hydrogens (tertiary/aromatic N) is 3. The third-order valence-corrected chi connectivity index (χ3v) is 6.59. The largest absolute Gasteiger partial charge is 0.347 e. The van der Waals surface area contributed by atoms with Crippen LogP contribution in [0.3, 0.4) is 0 Å². The quantitative estimate of drug-likeness (QED) is 0.870. The average molecular weight is 325 g/mol. The third-order valence-electron chi connectivity index (χ3n) is 6.59. The maximum absolute atomic E-state index is 13.8. The summed E-state index contributed by atoms with van der Waals surface area (Å²) in [4.78, 5) is 12.9. The zero-order valence-corrected chi connectivity index (χ0v) is 13.5. The maximum Gasteiger partial charge on any atom is 0.347 e. The molecule has 2 aromatic rings. The monoisotopic (exact) mass is 325 g/mol. The fraction of sp³-hybridized carbons (Fsp3) is 0.579. The molecule has 5 aliphatic rings. The van der Waals surface area contributed by atoms with Crippen LogP contribution in [0, 0.1) is 0 Å². The van der Waals surface area contributed by atoms with Crippen molar-refractivity contribution in [2.75, 3.05) is 0 Å². The molecule has 5 heteroatoms. The van der Waals surface area contributed by atoms with E-state index in [1.54, 1.807) is 4.68 Å². The van der Waals surface area contributed by atoms with E-state index in [4.69, 9.17) is 0 Å². The number of halogens is 1. The molecule has 0 radical (unpaired) electrons. The molecule has 0 amide bonds. The fourth-order valence-corrected chi connectivity index (χ4v) is 5.17. The van der Waals surface area contributed by atoms with Crippen LogP contribution in [0.2, 0.25) is 0 Å². The lowest BCUT2D eigenvalue weighted by molar-refractivity contribution is -0.205. The van der Waals surface area contributed by atoms with Gasteiger partial charge < -0.3 is 0 Å². The van der Waals surface area contributed by atoms with Gasteiger partial charge in [-0.2, -0.15) is 5.10 Å². The molecular formula is C19H20FN3O. The Balaban J connectivity index is 1.37. The summed E-state index contributed by atoms with van der Waals surface area (Å²) >= 11 is 0. The van der Waals surface area contributed by atoms with Gasteiger partial charge in [-0.15, -0.1) is 0 Å². The van der Waals surface area contributed by atoms with E-state index in [1.807, 2.05) is 4.57 Å². The van der Waals surface area contributed by atoms with Crippen molar-refractivity contribution in [1.82, 2.24) is 14.3 Å². The number of rotatable bonds is 3. The van der Waals surface area contributed by atoms with Gasteiger partial charge in [0, 0.05) is 25.7 Å². The smallest absolute Gasteiger partial charge is 0.271 e. The van der Waals surface area contributed by atoms with Gasteiger partial charge in [0.2, 0.25) is 0 Å². The minimum atomic E-state index is -1.01. The minimum absolute atomic E-state index is 0.0412. The molecule has 1 aromatic carbocycles. The van der Waals surface area contributed by atoms with Crippen LogP contribution in [0.25, 0.3) is 0 Å². The van der Waals surface area contributed by atoms with Crippen LogP contribution in [0.1, 0.15) is 67.4 Å². The number of hydrogen-bond acceptors (Lipinski definition) is 2. The van der Waals surface area contributed by atoms with E-state index in [0.717, 1.165) is 24.6 Å². The first-order valence-corrected chi connectivity index (χ1v) is 9.07. The molecule has 24 heavy (non-hydrogen) atoms. The van der Waals surface area contributed by atoms with E-state index in [-0.39, 0.29) is 17.3 Å². The van der Waals surface area contributed by atoms with Gasteiger partial charge >= 0.3 is 5.69 Å². The lowest BCUT2D eigenvalue weighted by atomic mass is 9.47. The van der Waals surface area contributed by atoms with Crippen molar-refractivity contribution in [2.24, 2.45) is 0 Å². The second kappa shape index (κ2) is 4.01. The first-order chi connectivity index (χ1) is 11.6. The summed E-state index contributed by atoms with van der Waals surface area (Å²) < 4.78 is 17.3. The van der Waals surface area contributed by atoms with Crippen LogP contribution < -0.4 is 5.69 Å². The predicted octanol–water partition coefficient (Wildman–Crippen LogP) is 3.06. The van der Waals surface area contributed by atoms with Gasteiger partial charge in [0.25, 0.3) is 0 Å². The van der Waals surface area contributed by atoms with Gasteiger partial charge in [0.15, 0.2) is 0 Å². The van der Waals surface area contributed by atoms with E-state index in [1.165, 1.54) is 24.0 Å². The molecule has 0 spiro atoms. The Bertz CT molecular complexity index is 886. The third kappa shape index (κ3) is 1.58. The molecule has 1 unspecified atom stereocenters. The zero-order chi connectivity index (χ0) is 16.1. The lowest BCUT2D eigenvalue weighted by Gasteiger charge is -2.64. The van der Waals surface area contributed by atoms with Crippen LogP contribution in [-0.2, 0) is 12.0 Å². The SMILES string of the molecule is O=c1n(C23CC(F)(C2)C3)nc2n1C(c1ccc(C3CC3)cc1)CC2. The molecule has 1 atom stereocenters. The van der Waals surface area contributed by atoms with Gasteiger partial charge in [0.05, 0.1) is 11.6 Å². The highest BCUT2D eigenvalue weighted by molar-refractivity contribution is 5.31. The maximum atomic E-state index is 13.8. The molecule has 1 aromatic heterocycles. The molecule has 0 N–H and O–H groups in total. The highest BCUT2D eigenvalue weighted by atomic mass is 19.1. The Morgan fingerprint density at radius 2 is 1.71 bits per heavy atom. The van der Waals surface area contributed by atoms with Crippen molar-refractivity contribution in [3.8, 4) is 0 Å². The molecule has 124 valence electrons. The summed E-state index contributed by atoms with van der Waals surface area (Å²) in [7, 11) is 0. The van der Waals surface area contributed by atoms with Crippen molar-refractivity contribution < 1.29 is 4.39 Å². The highest BCUT2D eigenvalue weighted by Gasteiger charge is 2.71. The Hall–Kier alpha value is -1.91. The van der Waals surface area contributed by atoms with Gasteiger partial charge in [-0.3, -0.25) is 4.57 Å². The molecule has 2 bridgehead atoms. The first kappa shape index (κ1) is 13.4. The van der Waals surface area contributed by atoms with Crippen LogP contribution in [0.15, 0.2) is 29.1 Å². The van der Waals surface area contributed by atoms with E-state index in [2.05, 4.69) is 29.4 Å². The predicted molar refractivity (Wildman–Crippen MR) is 87.0 cm³/mol. The average Bonchev–Trinajstić information content (AvgIpc) is 3.21.